The smallest absolute Gasteiger partial charge is 0.225 e. The molecule has 0 aliphatic carbocycles. The molecule has 1 aliphatic rings. The first-order valence-electron chi connectivity index (χ1n) is 7.52. The molecule has 1 unspecified atom stereocenters. The van der Waals surface area contributed by atoms with E-state index in [-0.39, 0.29) is 24.2 Å². The SMILES string of the molecule is Cc1cccn2c(CNC(=O)C3CCCCOC3)ncc12.Cl. The van der Waals surface area contributed by atoms with Gasteiger partial charge in [-0.05, 0) is 31.4 Å². The topological polar surface area (TPSA) is 55.6 Å². The van der Waals surface area contributed by atoms with Gasteiger partial charge in [-0.25, -0.2) is 4.98 Å². The van der Waals surface area contributed by atoms with Crippen LogP contribution in [0.4, 0.5) is 0 Å². The van der Waals surface area contributed by atoms with Crippen LogP contribution < -0.4 is 5.32 Å². The molecular formula is C16H22ClN3O2. The van der Waals surface area contributed by atoms with E-state index < -0.39 is 0 Å². The number of carbonyl (C=O) groups excluding carboxylic acids is 1. The Morgan fingerprint density at radius 2 is 2.36 bits per heavy atom. The number of ether oxygens (including phenoxy) is 1. The average molecular weight is 324 g/mol. The highest BCUT2D eigenvalue weighted by atomic mass is 35.5. The van der Waals surface area contributed by atoms with Gasteiger partial charge in [0.15, 0.2) is 0 Å². The van der Waals surface area contributed by atoms with Gasteiger partial charge in [-0.15, -0.1) is 12.4 Å². The van der Waals surface area contributed by atoms with Gasteiger partial charge in [-0.2, -0.15) is 0 Å². The number of halogens is 1. The number of imidazole rings is 1. The van der Waals surface area contributed by atoms with E-state index in [1.165, 1.54) is 5.56 Å². The molecule has 120 valence electrons. The Bertz CT molecular complexity index is 633. The summed E-state index contributed by atoms with van der Waals surface area (Å²) < 4.78 is 7.50. The fourth-order valence-electron chi connectivity index (χ4n) is 2.77. The number of hydrogen-bond acceptors (Lipinski definition) is 3. The third-order valence-electron chi connectivity index (χ3n) is 4.06. The van der Waals surface area contributed by atoms with Gasteiger partial charge in [0.05, 0.1) is 30.8 Å². The van der Waals surface area contributed by atoms with Crippen LogP contribution in [0.2, 0.25) is 0 Å². The molecule has 1 aliphatic heterocycles. The minimum Gasteiger partial charge on any atom is -0.381 e. The average Bonchev–Trinajstić information content (AvgIpc) is 2.72. The molecule has 22 heavy (non-hydrogen) atoms. The first kappa shape index (κ1) is 16.8. The third-order valence-corrected chi connectivity index (χ3v) is 4.06. The minimum absolute atomic E-state index is 0. The molecule has 0 spiro atoms. The Kier molecular flexibility index (Phi) is 5.80. The number of pyridine rings is 1. The van der Waals surface area contributed by atoms with E-state index in [2.05, 4.69) is 23.3 Å². The number of aromatic nitrogens is 2. The zero-order chi connectivity index (χ0) is 14.7. The number of nitrogens with one attached hydrogen (secondary N) is 1. The summed E-state index contributed by atoms with van der Waals surface area (Å²) in [5.41, 5.74) is 2.26. The van der Waals surface area contributed by atoms with Crippen LogP contribution in [0.25, 0.3) is 5.52 Å². The number of hydrogen-bond donors (Lipinski definition) is 1. The number of aryl methyl sites for hydroxylation is 1. The van der Waals surface area contributed by atoms with E-state index in [1.54, 1.807) is 0 Å². The van der Waals surface area contributed by atoms with E-state index in [0.29, 0.717) is 13.2 Å². The Labute approximate surface area is 136 Å². The van der Waals surface area contributed by atoms with E-state index in [4.69, 9.17) is 4.74 Å². The molecule has 5 nitrogen and oxygen atoms in total. The zero-order valence-electron chi connectivity index (χ0n) is 12.7. The van der Waals surface area contributed by atoms with Crippen LogP contribution in [0.5, 0.6) is 0 Å². The molecule has 0 saturated carbocycles. The van der Waals surface area contributed by atoms with Crippen LogP contribution in [0, 0.1) is 12.8 Å². The largest absolute Gasteiger partial charge is 0.381 e. The van der Waals surface area contributed by atoms with Crippen molar-refractivity contribution >= 4 is 23.8 Å². The van der Waals surface area contributed by atoms with Crippen molar-refractivity contribution in [2.45, 2.75) is 32.7 Å². The number of carbonyl (C=O) groups is 1. The lowest BCUT2D eigenvalue weighted by molar-refractivity contribution is -0.126. The van der Waals surface area contributed by atoms with Gasteiger partial charge in [0.1, 0.15) is 5.82 Å². The molecule has 0 radical (unpaired) electrons. The molecule has 1 amide bonds. The quantitative estimate of drug-likeness (QED) is 0.944. The molecular weight excluding hydrogens is 302 g/mol. The minimum atomic E-state index is -0.0273. The van der Waals surface area contributed by atoms with Crippen LogP contribution in [0.15, 0.2) is 24.5 Å². The van der Waals surface area contributed by atoms with Gasteiger partial charge < -0.3 is 14.5 Å². The summed E-state index contributed by atoms with van der Waals surface area (Å²) in [6.07, 6.45) is 6.85. The van der Waals surface area contributed by atoms with Crippen molar-refractivity contribution in [1.82, 2.24) is 14.7 Å². The van der Waals surface area contributed by atoms with Crippen molar-refractivity contribution in [3.8, 4) is 0 Å². The number of nitrogens with zero attached hydrogens (tertiary/aromatic N) is 2. The molecule has 1 N–H and O–H groups in total. The predicted octanol–water partition coefficient (Wildman–Crippen LogP) is 2.50. The molecule has 2 aromatic rings. The second-order valence-electron chi connectivity index (χ2n) is 5.61. The second kappa shape index (κ2) is 7.61. The maximum Gasteiger partial charge on any atom is 0.225 e. The highest BCUT2D eigenvalue weighted by Crippen LogP contribution is 2.15. The van der Waals surface area contributed by atoms with Crippen molar-refractivity contribution < 1.29 is 9.53 Å². The molecule has 1 fully saturated rings. The van der Waals surface area contributed by atoms with Gasteiger partial charge in [0.2, 0.25) is 5.91 Å². The Hall–Kier alpha value is -1.59. The molecule has 2 aromatic heterocycles. The van der Waals surface area contributed by atoms with Gasteiger partial charge in [0.25, 0.3) is 0 Å². The van der Waals surface area contributed by atoms with Crippen molar-refractivity contribution in [2.24, 2.45) is 5.92 Å². The van der Waals surface area contributed by atoms with E-state index in [0.717, 1.165) is 37.2 Å². The lowest BCUT2D eigenvalue weighted by atomic mass is 10.0. The van der Waals surface area contributed by atoms with Gasteiger partial charge in [-0.3, -0.25) is 4.79 Å². The fraction of sp³-hybridized carbons (Fsp3) is 0.500. The summed E-state index contributed by atoms with van der Waals surface area (Å²) in [5.74, 6) is 0.901. The molecule has 0 aromatic carbocycles. The van der Waals surface area contributed by atoms with E-state index in [1.807, 2.05) is 22.9 Å². The number of rotatable bonds is 3. The maximum atomic E-state index is 12.2. The lowest BCUT2D eigenvalue weighted by Gasteiger charge is -2.13. The Morgan fingerprint density at radius 1 is 1.50 bits per heavy atom. The molecule has 0 bridgehead atoms. The van der Waals surface area contributed by atoms with Gasteiger partial charge in [-0.1, -0.05) is 12.5 Å². The lowest BCUT2D eigenvalue weighted by Crippen LogP contribution is -2.32. The van der Waals surface area contributed by atoms with Crippen molar-refractivity contribution in [3.63, 3.8) is 0 Å². The summed E-state index contributed by atoms with van der Waals surface area (Å²) in [6, 6.07) is 4.05. The normalized spacial score (nSPS) is 18.5. The second-order valence-corrected chi connectivity index (χ2v) is 5.61. The highest BCUT2D eigenvalue weighted by Gasteiger charge is 2.20. The third kappa shape index (κ3) is 3.59. The summed E-state index contributed by atoms with van der Waals surface area (Å²) in [6.45, 7) is 3.82. The molecule has 1 atom stereocenters. The molecule has 3 heterocycles. The predicted molar refractivity (Wildman–Crippen MR) is 87.2 cm³/mol. The summed E-state index contributed by atoms with van der Waals surface area (Å²) in [5, 5.41) is 2.99. The fourth-order valence-corrected chi connectivity index (χ4v) is 2.77. The molecule has 3 rings (SSSR count). The summed E-state index contributed by atoms with van der Waals surface area (Å²) in [7, 11) is 0. The van der Waals surface area contributed by atoms with Crippen molar-refractivity contribution in [3.05, 3.63) is 35.9 Å². The number of fused-ring (bicyclic) bond motifs is 1. The van der Waals surface area contributed by atoms with Gasteiger partial charge >= 0.3 is 0 Å². The summed E-state index contributed by atoms with van der Waals surface area (Å²) in [4.78, 5) is 16.6. The number of amides is 1. The van der Waals surface area contributed by atoms with Crippen LogP contribution in [-0.2, 0) is 16.1 Å². The van der Waals surface area contributed by atoms with Crippen LogP contribution in [0.1, 0.15) is 30.7 Å². The Balaban J connectivity index is 0.00000176. The van der Waals surface area contributed by atoms with Crippen molar-refractivity contribution in [1.29, 1.82) is 0 Å². The maximum absolute atomic E-state index is 12.2. The first-order chi connectivity index (χ1) is 10.3. The highest BCUT2D eigenvalue weighted by molar-refractivity contribution is 5.85. The molecule has 1 saturated heterocycles. The Morgan fingerprint density at radius 3 is 3.23 bits per heavy atom. The van der Waals surface area contributed by atoms with E-state index in [9.17, 15) is 4.79 Å². The zero-order valence-corrected chi connectivity index (χ0v) is 13.6. The van der Waals surface area contributed by atoms with Crippen LogP contribution in [0.3, 0.4) is 0 Å². The standard InChI is InChI=1S/C16H21N3O2.ClH/c1-12-5-4-7-19-14(12)9-17-15(19)10-18-16(20)13-6-2-3-8-21-11-13;/h4-5,7,9,13H,2-3,6,8,10-11H2,1H3,(H,18,20);1H. The van der Waals surface area contributed by atoms with Crippen LogP contribution >= 0.6 is 12.4 Å². The summed E-state index contributed by atoms with van der Waals surface area (Å²) >= 11 is 0. The van der Waals surface area contributed by atoms with Crippen molar-refractivity contribution in [2.75, 3.05) is 13.2 Å². The van der Waals surface area contributed by atoms with Crippen LogP contribution in [-0.4, -0.2) is 28.5 Å². The van der Waals surface area contributed by atoms with E-state index >= 15 is 0 Å². The van der Waals surface area contributed by atoms with Gasteiger partial charge in [0, 0.05) is 12.8 Å². The first-order valence-corrected chi connectivity index (χ1v) is 7.52. The monoisotopic (exact) mass is 323 g/mol. The molecule has 6 heteroatoms.